The van der Waals surface area contributed by atoms with Gasteiger partial charge in [-0.15, -0.1) is 0 Å². The fraction of sp³-hybridized carbons (Fsp3) is 0.0769. The predicted molar refractivity (Wildman–Crippen MR) is 80.1 cm³/mol. The lowest BCUT2D eigenvalue weighted by Gasteiger charge is -2.05. The van der Waals surface area contributed by atoms with Gasteiger partial charge in [0.25, 0.3) is 0 Å². The maximum absolute atomic E-state index is 5.89. The van der Waals surface area contributed by atoms with E-state index in [2.05, 4.69) is 35.2 Å². The van der Waals surface area contributed by atoms with Crippen LogP contribution in [0.4, 0.5) is 5.82 Å². The first kappa shape index (κ1) is 12.1. The molecule has 0 saturated heterocycles. The van der Waals surface area contributed by atoms with Crippen molar-refractivity contribution in [1.29, 1.82) is 0 Å². The van der Waals surface area contributed by atoms with E-state index in [9.17, 15) is 0 Å². The third-order valence-electron chi connectivity index (χ3n) is 3.15. The zero-order chi connectivity index (χ0) is 14.2. The molecule has 0 atom stereocenters. The van der Waals surface area contributed by atoms with E-state index in [-0.39, 0.29) is 5.28 Å². The summed E-state index contributed by atoms with van der Waals surface area (Å²) >= 11 is 5.89. The van der Waals surface area contributed by atoms with Crippen molar-refractivity contribution in [3.8, 4) is 0 Å². The normalized spacial score (nSPS) is 11.3. The van der Waals surface area contributed by atoms with E-state index in [1.54, 1.807) is 12.5 Å². The van der Waals surface area contributed by atoms with Crippen LogP contribution in [-0.2, 0) is 6.54 Å². The summed E-state index contributed by atoms with van der Waals surface area (Å²) in [5.74, 6) is 0.620. The van der Waals surface area contributed by atoms with Crippen molar-refractivity contribution in [3.05, 3.63) is 41.7 Å². The summed E-state index contributed by atoms with van der Waals surface area (Å²) in [7, 11) is 0. The molecule has 0 saturated carbocycles. The maximum Gasteiger partial charge on any atom is 0.226 e. The Labute approximate surface area is 123 Å². The number of aromatic nitrogens is 6. The highest BCUT2D eigenvalue weighted by Crippen LogP contribution is 2.20. The molecule has 0 aliphatic rings. The highest BCUT2D eigenvalue weighted by Gasteiger charge is 2.09. The Morgan fingerprint density at radius 3 is 3.10 bits per heavy atom. The lowest BCUT2D eigenvalue weighted by atomic mass is 10.3. The Morgan fingerprint density at radius 1 is 1.24 bits per heavy atom. The quantitative estimate of drug-likeness (QED) is 0.505. The molecule has 0 aliphatic carbocycles. The SMILES string of the molecule is Clc1nc(NCc2cc3ncccc3[nH]2)c2[nH]cnc2n1. The molecule has 0 amide bonds. The van der Waals surface area contributed by atoms with E-state index in [1.165, 1.54) is 0 Å². The second kappa shape index (κ2) is 4.71. The van der Waals surface area contributed by atoms with Gasteiger partial charge in [-0.25, -0.2) is 4.98 Å². The summed E-state index contributed by atoms with van der Waals surface area (Å²) in [5, 5.41) is 3.39. The van der Waals surface area contributed by atoms with Crippen molar-refractivity contribution < 1.29 is 0 Å². The third kappa shape index (κ3) is 2.17. The summed E-state index contributed by atoms with van der Waals surface area (Å²) < 4.78 is 0. The number of pyridine rings is 1. The van der Waals surface area contributed by atoms with Gasteiger partial charge in [0.2, 0.25) is 5.28 Å². The second-order valence-corrected chi connectivity index (χ2v) is 4.86. The molecule has 0 fully saturated rings. The summed E-state index contributed by atoms with van der Waals surface area (Å²) in [5.41, 5.74) is 4.21. The number of aromatic amines is 2. The Bertz CT molecular complexity index is 893. The largest absolute Gasteiger partial charge is 0.363 e. The van der Waals surface area contributed by atoms with Crippen LogP contribution in [0.2, 0.25) is 5.28 Å². The number of nitrogens with one attached hydrogen (secondary N) is 3. The Hall–Kier alpha value is -2.67. The molecule has 104 valence electrons. The summed E-state index contributed by atoms with van der Waals surface area (Å²) in [6, 6.07) is 5.88. The highest BCUT2D eigenvalue weighted by molar-refractivity contribution is 6.28. The number of rotatable bonds is 3. The number of halogens is 1. The van der Waals surface area contributed by atoms with Crippen LogP contribution in [-0.4, -0.2) is 29.9 Å². The summed E-state index contributed by atoms with van der Waals surface area (Å²) in [6.45, 7) is 0.567. The van der Waals surface area contributed by atoms with Gasteiger partial charge in [-0.3, -0.25) is 4.98 Å². The van der Waals surface area contributed by atoms with Gasteiger partial charge >= 0.3 is 0 Å². The van der Waals surface area contributed by atoms with Crippen LogP contribution in [0.5, 0.6) is 0 Å². The minimum atomic E-state index is 0.162. The number of imidazole rings is 1. The molecule has 7 nitrogen and oxygen atoms in total. The van der Waals surface area contributed by atoms with Crippen LogP contribution in [0, 0.1) is 0 Å². The Kier molecular flexibility index (Phi) is 2.71. The van der Waals surface area contributed by atoms with Crippen molar-refractivity contribution in [2.75, 3.05) is 5.32 Å². The smallest absolute Gasteiger partial charge is 0.226 e. The lowest BCUT2D eigenvalue weighted by molar-refractivity contribution is 1.06. The van der Waals surface area contributed by atoms with Gasteiger partial charge in [-0.05, 0) is 29.8 Å². The molecule has 4 rings (SSSR count). The first-order valence-electron chi connectivity index (χ1n) is 6.33. The maximum atomic E-state index is 5.89. The molecule has 0 spiro atoms. The van der Waals surface area contributed by atoms with Crippen molar-refractivity contribution in [2.24, 2.45) is 0 Å². The lowest BCUT2D eigenvalue weighted by Crippen LogP contribution is -2.03. The van der Waals surface area contributed by atoms with Gasteiger partial charge in [0, 0.05) is 11.9 Å². The van der Waals surface area contributed by atoms with Crippen LogP contribution in [0.3, 0.4) is 0 Å². The number of hydrogen-bond acceptors (Lipinski definition) is 5. The molecule has 21 heavy (non-hydrogen) atoms. The van der Waals surface area contributed by atoms with E-state index >= 15 is 0 Å². The number of hydrogen-bond donors (Lipinski definition) is 3. The van der Waals surface area contributed by atoms with Crippen LogP contribution in [0.25, 0.3) is 22.2 Å². The first-order valence-corrected chi connectivity index (χ1v) is 6.70. The Morgan fingerprint density at radius 2 is 2.19 bits per heavy atom. The number of fused-ring (bicyclic) bond motifs is 2. The van der Waals surface area contributed by atoms with Crippen LogP contribution < -0.4 is 5.32 Å². The summed E-state index contributed by atoms with van der Waals surface area (Å²) in [6.07, 6.45) is 3.33. The van der Waals surface area contributed by atoms with Gasteiger partial charge in [-0.2, -0.15) is 9.97 Å². The zero-order valence-corrected chi connectivity index (χ0v) is 11.5. The number of nitrogens with zero attached hydrogens (tertiary/aromatic N) is 4. The molecule has 0 aromatic carbocycles. The van der Waals surface area contributed by atoms with Crippen molar-refractivity contribution in [1.82, 2.24) is 29.9 Å². The average molecular weight is 300 g/mol. The van der Waals surface area contributed by atoms with Gasteiger partial charge in [0.05, 0.1) is 23.9 Å². The fourth-order valence-corrected chi connectivity index (χ4v) is 2.39. The molecule has 4 heterocycles. The number of H-pyrrole nitrogens is 2. The minimum absolute atomic E-state index is 0.162. The molecule has 0 aliphatic heterocycles. The fourth-order valence-electron chi connectivity index (χ4n) is 2.22. The Balaban J connectivity index is 1.64. The van der Waals surface area contributed by atoms with Gasteiger partial charge in [0.1, 0.15) is 5.52 Å². The monoisotopic (exact) mass is 299 g/mol. The molecule has 4 aromatic heterocycles. The molecule has 4 aromatic rings. The van der Waals surface area contributed by atoms with E-state index in [0.29, 0.717) is 18.0 Å². The van der Waals surface area contributed by atoms with E-state index in [1.807, 2.05) is 18.2 Å². The van der Waals surface area contributed by atoms with Crippen LogP contribution in [0.1, 0.15) is 5.69 Å². The van der Waals surface area contributed by atoms with Crippen molar-refractivity contribution in [2.45, 2.75) is 6.54 Å². The van der Waals surface area contributed by atoms with E-state index in [0.717, 1.165) is 22.2 Å². The van der Waals surface area contributed by atoms with E-state index in [4.69, 9.17) is 11.6 Å². The minimum Gasteiger partial charge on any atom is -0.363 e. The molecule has 0 radical (unpaired) electrons. The van der Waals surface area contributed by atoms with Gasteiger partial charge in [0.15, 0.2) is 11.5 Å². The molecule has 0 unspecified atom stereocenters. The summed E-state index contributed by atoms with van der Waals surface area (Å²) in [4.78, 5) is 22.9. The number of anilines is 1. The standard InChI is InChI=1S/C13H10ClN7/c14-13-20-11(10-12(21-13)18-6-17-10)16-5-7-4-9-8(19-7)2-1-3-15-9/h1-4,6,19H,5H2,(H2,16,17,18,20,21). The third-order valence-corrected chi connectivity index (χ3v) is 3.32. The highest BCUT2D eigenvalue weighted by atomic mass is 35.5. The van der Waals surface area contributed by atoms with Crippen LogP contribution >= 0.6 is 11.6 Å². The predicted octanol–water partition coefficient (Wildman–Crippen LogP) is 2.49. The molecule has 3 N–H and O–H groups in total. The van der Waals surface area contributed by atoms with Crippen molar-refractivity contribution in [3.63, 3.8) is 0 Å². The molecule has 0 bridgehead atoms. The van der Waals surface area contributed by atoms with Crippen molar-refractivity contribution >= 4 is 39.6 Å². The topological polar surface area (TPSA) is 95.2 Å². The molecular weight excluding hydrogens is 290 g/mol. The van der Waals surface area contributed by atoms with E-state index < -0.39 is 0 Å². The van der Waals surface area contributed by atoms with Gasteiger partial charge < -0.3 is 15.3 Å². The first-order chi connectivity index (χ1) is 10.3. The van der Waals surface area contributed by atoms with Crippen LogP contribution in [0.15, 0.2) is 30.7 Å². The molecular formula is C13H10ClN7. The average Bonchev–Trinajstić information content (AvgIpc) is 3.10. The molecule has 8 heteroatoms. The van der Waals surface area contributed by atoms with Gasteiger partial charge in [-0.1, -0.05) is 0 Å². The second-order valence-electron chi connectivity index (χ2n) is 4.53. The zero-order valence-electron chi connectivity index (χ0n) is 10.8.